The second-order valence-corrected chi connectivity index (χ2v) is 4.77. The molecule has 0 saturated carbocycles. The van der Waals surface area contributed by atoms with Crippen molar-refractivity contribution in [3.8, 4) is 0 Å². The molecule has 0 bridgehead atoms. The minimum Gasteiger partial charge on any atom is -0.384 e. The van der Waals surface area contributed by atoms with Gasteiger partial charge < -0.3 is 10.3 Å². The van der Waals surface area contributed by atoms with Gasteiger partial charge in [0.15, 0.2) is 0 Å². The van der Waals surface area contributed by atoms with Crippen LogP contribution < -0.4 is 5.73 Å². The van der Waals surface area contributed by atoms with Gasteiger partial charge >= 0.3 is 0 Å². The molecule has 2 aromatic heterocycles. The fourth-order valence-corrected chi connectivity index (χ4v) is 2.87. The predicted octanol–water partition coefficient (Wildman–Crippen LogP) is 3.18. The molecule has 18 heavy (non-hydrogen) atoms. The Kier molecular flexibility index (Phi) is 2.30. The molecule has 3 aromatic rings. The summed E-state index contributed by atoms with van der Waals surface area (Å²) in [5, 5.41) is 2.47. The second kappa shape index (κ2) is 3.73. The highest BCUT2D eigenvalue weighted by molar-refractivity contribution is 6.10. The summed E-state index contributed by atoms with van der Waals surface area (Å²) in [6.07, 6.45) is 0.894. The molecule has 0 unspecified atom stereocenters. The van der Waals surface area contributed by atoms with E-state index in [0.717, 1.165) is 12.1 Å². The van der Waals surface area contributed by atoms with Gasteiger partial charge in [-0.15, -0.1) is 0 Å². The number of aryl methyl sites for hydroxylation is 3. The molecule has 2 N–H and O–H groups in total. The summed E-state index contributed by atoms with van der Waals surface area (Å²) in [6, 6.07) is 8.38. The SMILES string of the molecule is CCc1nc(N)cc2c3cccc(C)c3n(C)c12. The summed E-state index contributed by atoms with van der Waals surface area (Å²) >= 11 is 0. The van der Waals surface area contributed by atoms with E-state index in [0.29, 0.717) is 5.82 Å². The Bertz CT molecular complexity index is 753. The van der Waals surface area contributed by atoms with Gasteiger partial charge in [0, 0.05) is 17.8 Å². The maximum atomic E-state index is 5.92. The number of nitrogens with two attached hydrogens (primary N) is 1. The van der Waals surface area contributed by atoms with Crippen molar-refractivity contribution in [3.63, 3.8) is 0 Å². The number of hydrogen-bond acceptors (Lipinski definition) is 2. The number of anilines is 1. The first-order valence-electron chi connectivity index (χ1n) is 6.26. The zero-order valence-electron chi connectivity index (χ0n) is 11.0. The van der Waals surface area contributed by atoms with Crippen LogP contribution in [-0.4, -0.2) is 9.55 Å². The third-order valence-electron chi connectivity index (χ3n) is 3.62. The van der Waals surface area contributed by atoms with Gasteiger partial charge in [-0.3, -0.25) is 0 Å². The Morgan fingerprint density at radius 1 is 1.22 bits per heavy atom. The van der Waals surface area contributed by atoms with Crippen LogP contribution in [0.1, 0.15) is 18.2 Å². The minimum absolute atomic E-state index is 0.605. The topological polar surface area (TPSA) is 43.8 Å². The molecule has 0 aliphatic heterocycles. The van der Waals surface area contributed by atoms with E-state index in [-0.39, 0.29) is 0 Å². The number of para-hydroxylation sites is 1. The molecule has 92 valence electrons. The van der Waals surface area contributed by atoms with Gasteiger partial charge in [-0.05, 0) is 25.0 Å². The number of nitrogen functional groups attached to an aromatic ring is 1. The molecule has 0 atom stereocenters. The van der Waals surface area contributed by atoms with Gasteiger partial charge in [0.05, 0.1) is 16.7 Å². The highest BCUT2D eigenvalue weighted by Crippen LogP contribution is 2.32. The monoisotopic (exact) mass is 239 g/mol. The quantitative estimate of drug-likeness (QED) is 0.708. The van der Waals surface area contributed by atoms with Gasteiger partial charge in [0.2, 0.25) is 0 Å². The normalized spacial score (nSPS) is 11.5. The maximum Gasteiger partial charge on any atom is 0.124 e. The Balaban J connectivity index is 2.63. The molecule has 0 fully saturated rings. The van der Waals surface area contributed by atoms with Gasteiger partial charge in [-0.1, -0.05) is 25.1 Å². The molecule has 3 nitrogen and oxygen atoms in total. The summed E-state index contributed by atoms with van der Waals surface area (Å²) in [5.74, 6) is 0.605. The lowest BCUT2D eigenvalue weighted by molar-refractivity contribution is 0.966. The first-order chi connectivity index (χ1) is 8.63. The lowest BCUT2D eigenvalue weighted by Gasteiger charge is -2.05. The fraction of sp³-hybridized carbons (Fsp3) is 0.267. The molecule has 0 amide bonds. The molecule has 3 rings (SSSR count). The molecule has 3 heteroatoms. The van der Waals surface area contributed by atoms with Crippen LogP contribution in [0.4, 0.5) is 5.82 Å². The van der Waals surface area contributed by atoms with Gasteiger partial charge in [-0.25, -0.2) is 4.98 Å². The number of hydrogen-bond donors (Lipinski definition) is 1. The summed E-state index contributed by atoms with van der Waals surface area (Å²) in [5.41, 5.74) is 10.8. The zero-order chi connectivity index (χ0) is 12.9. The Morgan fingerprint density at radius 3 is 2.72 bits per heavy atom. The number of aromatic nitrogens is 2. The first kappa shape index (κ1) is 11.1. The highest BCUT2D eigenvalue weighted by Gasteiger charge is 2.14. The van der Waals surface area contributed by atoms with E-state index in [9.17, 15) is 0 Å². The summed E-state index contributed by atoms with van der Waals surface area (Å²) in [4.78, 5) is 4.46. The van der Waals surface area contributed by atoms with Crippen molar-refractivity contribution in [2.75, 3.05) is 5.73 Å². The van der Waals surface area contributed by atoms with E-state index < -0.39 is 0 Å². The Morgan fingerprint density at radius 2 is 2.00 bits per heavy atom. The van der Waals surface area contributed by atoms with Crippen molar-refractivity contribution in [1.29, 1.82) is 0 Å². The Hall–Kier alpha value is -2.03. The number of rotatable bonds is 1. The summed E-state index contributed by atoms with van der Waals surface area (Å²) < 4.78 is 2.24. The second-order valence-electron chi connectivity index (χ2n) is 4.77. The number of nitrogens with zero attached hydrogens (tertiary/aromatic N) is 2. The average molecular weight is 239 g/mol. The van der Waals surface area contributed by atoms with Crippen molar-refractivity contribution in [2.24, 2.45) is 7.05 Å². The van der Waals surface area contributed by atoms with E-state index >= 15 is 0 Å². The van der Waals surface area contributed by atoms with E-state index in [1.807, 2.05) is 6.07 Å². The van der Waals surface area contributed by atoms with Gasteiger partial charge in [0.1, 0.15) is 5.82 Å². The third-order valence-corrected chi connectivity index (χ3v) is 3.62. The van der Waals surface area contributed by atoms with Crippen LogP contribution in [0.5, 0.6) is 0 Å². The van der Waals surface area contributed by atoms with E-state index in [2.05, 4.69) is 48.6 Å². The summed E-state index contributed by atoms with van der Waals surface area (Å²) in [7, 11) is 2.11. The van der Waals surface area contributed by atoms with Crippen molar-refractivity contribution < 1.29 is 0 Å². The summed E-state index contributed by atoms with van der Waals surface area (Å²) in [6.45, 7) is 4.26. The van der Waals surface area contributed by atoms with Crippen LogP contribution in [0.25, 0.3) is 21.8 Å². The fourth-order valence-electron chi connectivity index (χ4n) is 2.87. The number of benzene rings is 1. The van der Waals surface area contributed by atoms with Crippen molar-refractivity contribution in [3.05, 3.63) is 35.5 Å². The number of pyridine rings is 1. The molecule has 1 aromatic carbocycles. The van der Waals surface area contributed by atoms with Gasteiger partial charge in [-0.2, -0.15) is 0 Å². The van der Waals surface area contributed by atoms with E-state index in [1.165, 1.54) is 27.4 Å². The van der Waals surface area contributed by atoms with Gasteiger partial charge in [0.25, 0.3) is 0 Å². The van der Waals surface area contributed by atoms with E-state index in [1.54, 1.807) is 0 Å². The third kappa shape index (κ3) is 1.33. The molecular formula is C15H17N3. The molecule has 0 saturated heterocycles. The Labute approximate surface area is 106 Å². The van der Waals surface area contributed by atoms with Crippen LogP contribution in [-0.2, 0) is 13.5 Å². The van der Waals surface area contributed by atoms with Crippen LogP contribution in [0.2, 0.25) is 0 Å². The molecule has 0 aliphatic carbocycles. The van der Waals surface area contributed by atoms with E-state index in [4.69, 9.17) is 5.73 Å². The predicted molar refractivity (Wildman–Crippen MR) is 76.7 cm³/mol. The standard InChI is InChI=1S/C15H17N3/c1-4-12-15-11(8-13(16)17-12)10-7-5-6-9(2)14(10)18(15)3/h5-8H,4H2,1-3H3,(H2,16,17). The lowest BCUT2D eigenvalue weighted by Crippen LogP contribution is -1.99. The first-order valence-corrected chi connectivity index (χ1v) is 6.26. The molecule has 0 aliphatic rings. The van der Waals surface area contributed by atoms with Crippen LogP contribution >= 0.6 is 0 Å². The van der Waals surface area contributed by atoms with Crippen molar-refractivity contribution in [2.45, 2.75) is 20.3 Å². The molecule has 0 spiro atoms. The molecule has 2 heterocycles. The molecule has 0 radical (unpaired) electrons. The largest absolute Gasteiger partial charge is 0.384 e. The van der Waals surface area contributed by atoms with Crippen LogP contribution in [0.3, 0.4) is 0 Å². The maximum absolute atomic E-state index is 5.92. The van der Waals surface area contributed by atoms with Crippen LogP contribution in [0.15, 0.2) is 24.3 Å². The van der Waals surface area contributed by atoms with Crippen LogP contribution in [0, 0.1) is 6.92 Å². The number of fused-ring (bicyclic) bond motifs is 3. The average Bonchev–Trinajstić information content (AvgIpc) is 2.63. The minimum atomic E-state index is 0.605. The highest BCUT2D eigenvalue weighted by atomic mass is 15.0. The smallest absolute Gasteiger partial charge is 0.124 e. The van der Waals surface area contributed by atoms with Crippen molar-refractivity contribution in [1.82, 2.24) is 9.55 Å². The lowest BCUT2D eigenvalue weighted by atomic mass is 10.1. The van der Waals surface area contributed by atoms with Crippen molar-refractivity contribution >= 4 is 27.6 Å². The molecular weight excluding hydrogens is 222 g/mol. The zero-order valence-corrected chi connectivity index (χ0v) is 11.0.